The van der Waals surface area contributed by atoms with Gasteiger partial charge in [-0.05, 0) is 38.0 Å². The molecule has 1 aromatic carbocycles. The van der Waals surface area contributed by atoms with Crippen LogP contribution in [0.25, 0.3) is 5.69 Å². The Morgan fingerprint density at radius 2 is 1.84 bits per heavy atom. The third-order valence-electron chi connectivity index (χ3n) is 5.21. The first-order chi connectivity index (χ1) is 15.2. The molecule has 32 heavy (non-hydrogen) atoms. The van der Waals surface area contributed by atoms with E-state index in [9.17, 15) is 22.4 Å². The summed E-state index contributed by atoms with van der Waals surface area (Å²) < 4.78 is 57.7. The summed E-state index contributed by atoms with van der Waals surface area (Å²) in [4.78, 5) is 23.3. The molecule has 1 aliphatic heterocycles. The third kappa shape index (κ3) is 4.39. The molecule has 0 spiro atoms. The zero-order valence-corrected chi connectivity index (χ0v) is 16.8. The summed E-state index contributed by atoms with van der Waals surface area (Å²) in [6.45, 7) is 2.15. The van der Waals surface area contributed by atoms with Crippen LogP contribution in [0.1, 0.15) is 35.7 Å². The quantitative estimate of drug-likeness (QED) is 0.567. The molecule has 0 radical (unpaired) electrons. The summed E-state index contributed by atoms with van der Waals surface area (Å²) in [6, 6.07) is 3.07. The van der Waals surface area contributed by atoms with Gasteiger partial charge in [-0.1, -0.05) is 0 Å². The number of amides is 1. The van der Waals surface area contributed by atoms with Crippen LogP contribution in [0.3, 0.4) is 0 Å². The average molecular weight is 450 g/mol. The van der Waals surface area contributed by atoms with Crippen LogP contribution in [-0.4, -0.2) is 54.5 Å². The monoisotopic (exact) mass is 450 g/mol. The Hall–Kier alpha value is -3.57. The summed E-state index contributed by atoms with van der Waals surface area (Å²) in [7, 11) is 0. The number of aromatic nitrogens is 5. The molecule has 1 amide bonds. The number of likely N-dealkylation sites (tertiary alicyclic amines) is 1. The Morgan fingerprint density at radius 1 is 1.16 bits per heavy atom. The van der Waals surface area contributed by atoms with Crippen LogP contribution in [0.15, 0.2) is 43.0 Å². The van der Waals surface area contributed by atoms with Gasteiger partial charge in [0.15, 0.2) is 0 Å². The van der Waals surface area contributed by atoms with Gasteiger partial charge in [0.1, 0.15) is 11.9 Å². The number of piperidine rings is 1. The Bertz CT molecular complexity index is 1090. The number of hydrogen-bond donors (Lipinski definition) is 0. The Labute approximate surface area is 179 Å². The molecule has 1 fully saturated rings. The largest absolute Gasteiger partial charge is 0.458 e. The molecule has 2 atom stereocenters. The van der Waals surface area contributed by atoms with E-state index in [-0.39, 0.29) is 11.6 Å². The molecule has 8 nitrogen and oxygen atoms in total. The van der Waals surface area contributed by atoms with Gasteiger partial charge in [0.05, 0.1) is 35.2 Å². The van der Waals surface area contributed by atoms with E-state index in [1.54, 1.807) is 6.92 Å². The van der Waals surface area contributed by atoms with Crippen molar-refractivity contribution in [3.05, 3.63) is 59.9 Å². The molecule has 0 bridgehead atoms. The van der Waals surface area contributed by atoms with Crippen molar-refractivity contribution >= 4 is 5.91 Å². The number of carbonyl (C=O) groups is 1. The number of hydrogen-bond acceptors (Lipinski definition) is 6. The molecule has 1 saturated heterocycles. The second kappa shape index (κ2) is 8.52. The van der Waals surface area contributed by atoms with Gasteiger partial charge < -0.3 is 9.64 Å². The first-order valence-corrected chi connectivity index (χ1v) is 9.77. The van der Waals surface area contributed by atoms with Gasteiger partial charge >= 0.3 is 12.2 Å². The van der Waals surface area contributed by atoms with E-state index in [2.05, 4.69) is 20.2 Å². The molecule has 0 N–H and O–H groups in total. The van der Waals surface area contributed by atoms with E-state index >= 15 is 0 Å². The smallest absolute Gasteiger partial charge is 0.419 e. The fourth-order valence-corrected chi connectivity index (χ4v) is 3.56. The number of nitrogens with zero attached hydrogens (tertiary/aromatic N) is 6. The van der Waals surface area contributed by atoms with Gasteiger partial charge in [0.2, 0.25) is 0 Å². The minimum atomic E-state index is -4.55. The van der Waals surface area contributed by atoms with Gasteiger partial charge in [-0.2, -0.15) is 28.2 Å². The second-order valence-corrected chi connectivity index (χ2v) is 7.27. The number of carbonyl (C=O) groups excluding carboxylic acids is 1. The zero-order valence-electron chi connectivity index (χ0n) is 16.8. The van der Waals surface area contributed by atoms with Crippen LogP contribution < -0.4 is 4.74 Å². The predicted molar refractivity (Wildman–Crippen MR) is 102 cm³/mol. The Balaban J connectivity index is 1.54. The summed E-state index contributed by atoms with van der Waals surface area (Å²) in [5.74, 6) is -1.02. The highest BCUT2D eigenvalue weighted by atomic mass is 19.4. The van der Waals surface area contributed by atoms with Gasteiger partial charge in [-0.25, -0.2) is 14.4 Å². The molecule has 0 saturated carbocycles. The van der Waals surface area contributed by atoms with Crippen molar-refractivity contribution < 1.29 is 27.1 Å². The van der Waals surface area contributed by atoms with Gasteiger partial charge in [-0.15, -0.1) is 0 Å². The Kier molecular flexibility index (Phi) is 5.76. The Morgan fingerprint density at radius 3 is 2.50 bits per heavy atom. The lowest BCUT2D eigenvalue weighted by molar-refractivity contribution is -0.138. The third-order valence-corrected chi connectivity index (χ3v) is 5.21. The zero-order chi connectivity index (χ0) is 22.9. The highest BCUT2D eigenvalue weighted by Crippen LogP contribution is 2.29. The van der Waals surface area contributed by atoms with Crippen molar-refractivity contribution in [1.29, 1.82) is 0 Å². The number of ether oxygens (including phenoxy) is 1. The van der Waals surface area contributed by atoms with E-state index in [0.717, 1.165) is 6.07 Å². The highest BCUT2D eigenvalue weighted by Gasteiger charge is 2.35. The maximum absolute atomic E-state index is 14.0. The van der Waals surface area contributed by atoms with E-state index < -0.39 is 35.6 Å². The number of rotatable bonds is 4. The summed E-state index contributed by atoms with van der Waals surface area (Å²) in [5.41, 5.74) is -0.577. The topological polar surface area (TPSA) is 86.0 Å². The van der Waals surface area contributed by atoms with Crippen molar-refractivity contribution in [2.24, 2.45) is 0 Å². The average Bonchev–Trinajstić information content (AvgIpc) is 3.29. The second-order valence-electron chi connectivity index (χ2n) is 7.27. The number of halogens is 4. The maximum atomic E-state index is 14.0. The standard InChI is InChI=1S/C20H18F4N6O2/c1-12-17(32-19-25-10-13(11-26-19)20(22,23)24)3-2-8-29(12)18(31)15-9-14(21)4-5-16(15)30-27-6-7-28-30/h4-7,9-12,17H,2-3,8H2,1H3/t12-,17+/m0/s1. The van der Waals surface area contributed by atoms with Crippen LogP contribution in [0.5, 0.6) is 6.01 Å². The molecule has 3 aromatic rings. The van der Waals surface area contributed by atoms with Crippen molar-refractivity contribution in [2.75, 3.05) is 6.54 Å². The molecular formula is C20H18F4N6O2. The lowest BCUT2D eigenvalue weighted by Gasteiger charge is -2.39. The van der Waals surface area contributed by atoms with Crippen molar-refractivity contribution in [1.82, 2.24) is 29.9 Å². The van der Waals surface area contributed by atoms with E-state index in [1.165, 1.54) is 34.2 Å². The van der Waals surface area contributed by atoms with Gasteiger partial charge in [0, 0.05) is 18.9 Å². The highest BCUT2D eigenvalue weighted by molar-refractivity contribution is 5.98. The lowest BCUT2D eigenvalue weighted by Crippen LogP contribution is -2.51. The minimum absolute atomic E-state index is 0.0829. The minimum Gasteiger partial charge on any atom is -0.458 e. The van der Waals surface area contributed by atoms with Crippen LogP contribution in [0.2, 0.25) is 0 Å². The lowest BCUT2D eigenvalue weighted by atomic mass is 9.98. The molecule has 4 rings (SSSR count). The SMILES string of the molecule is C[C@H]1[C@H](Oc2ncc(C(F)(F)F)cn2)CCCN1C(=O)c1cc(F)ccc1-n1nccn1. The molecule has 0 unspecified atom stereocenters. The molecule has 3 heterocycles. The summed E-state index contributed by atoms with van der Waals surface area (Å²) in [6.07, 6.45) is 0.196. The summed E-state index contributed by atoms with van der Waals surface area (Å²) in [5, 5.41) is 8.02. The molecule has 12 heteroatoms. The van der Waals surface area contributed by atoms with Crippen molar-refractivity contribution in [2.45, 2.75) is 38.1 Å². The molecule has 168 valence electrons. The van der Waals surface area contributed by atoms with Crippen molar-refractivity contribution in [3.8, 4) is 11.7 Å². The fraction of sp³-hybridized carbons (Fsp3) is 0.350. The normalized spacial score (nSPS) is 19.1. The molecule has 2 aromatic heterocycles. The van der Waals surface area contributed by atoms with Crippen molar-refractivity contribution in [3.63, 3.8) is 0 Å². The van der Waals surface area contributed by atoms with Crippen LogP contribution in [0.4, 0.5) is 17.6 Å². The molecular weight excluding hydrogens is 432 g/mol. The number of alkyl halides is 3. The van der Waals surface area contributed by atoms with Crippen LogP contribution in [-0.2, 0) is 6.18 Å². The van der Waals surface area contributed by atoms with E-state index in [1.807, 2.05) is 0 Å². The summed E-state index contributed by atoms with van der Waals surface area (Å²) >= 11 is 0. The molecule has 0 aliphatic carbocycles. The molecule has 1 aliphatic rings. The first-order valence-electron chi connectivity index (χ1n) is 9.77. The van der Waals surface area contributed by atoms with E-state index in [0.29, 0.717) is 37.5 Å². The van der Waals surface area contributed by atoms with Gasteiger partial charge in [0.25, 0.3) is 5.91 Å². The van der Waals surface area contributed by atoms with Crippen LogP contribution in [0, 0.1) is 5.82 Å². The number of benzene rings is 1. The first kappa shape index (κ1) is 21.7. The fourth-order valence-electron chi connectivity index (χ4n) is 3.56. The van der Waals surface area contributed by atoms with E-state index in [4.69, 9.17) is 4.74 Å². The van der Waals surface area contributed by atoms with Crippen LogP contribution >= 0.6 is 0 Å². The van der Waals surface area contributed by atoms with Gasteiger partial charge in [-0.3, -0.25) is 4.79 Å². The predicted octanol–water partition coefficient (Wildman–Crippen LogP) is 3.29. The maximum Gasteiger partial charge on any atom is 0.419 e.